The first-order chi connectivity index (χ1) is 7.92. The molecule has 0 aromatic carbocycles. The fourth-order valence-electron chi connectivity index (χ4n) is 2.80. The van der Waals surface area contributed by atoms with E-state index in [2.05, 4.69) is 62.0 Å². The Morgan fingerprint density at radius 1 is 0.824 bits per heavy atom. The van der Waals surface area contributed by atoms with Crippen molar-refractivity contribution in [2.24, 2.45) is 0 Å². The molecule has 0 fully saturated rings. The molecule has 2 aliphatic carbocycles. The van der Waals surface area contributed by atoms with Crippen LogP contribution in [-0.4, -0.2) is 16.1 Å². The zero-order valence-corrected chi connectivity index (χ0v) is 13.2. The molecule has 0 bridgehead atoms. The van der Waals surface area contributed by atoms with E-state index >= 15 is 0 Å². The molecule has 0 aromatic rings. The van der Waals surface area contributed by atoms with Crippen molar-refractivity contribution in [2.45, 2.75) is 31.9 Å². The third kappa shape index (κ3) is 2.62. The summed E-state index contributed by atoms with van der Waals surface area (Å²) in [6.45, 7) is 9.88. The maximum absolute atomic E-state index is 3.42. The second-order valence-corrected chi connectivity index (χ2v) is 16.1. The minimum atomic E-state index is -1.33. The molecule has 0 nitrogen and oxygen atoms in total. The predicted molar refractivity (Wildman–Crippen MR) is 81.2 cm³/mol. The summed E-state index contributed by atoms with van der Waals surface area (Å²) in [6, 6.07) is 0. The van der Waals surface area contributed by atoms with Crippen molar-refractivity contribution >= 4 is 16.1 Å². The summed E-state index contributed by atoms with van der Waals surface area (Å²) in [6.07, 6.45) is 12.8. The van der Waals surface area contributed by atoms with Crippen LogP contribution in [0, 0.1) is 0 Å². The molecule has 0 saturated heterocycles. The highest BCUT2D eigenvalue weighted by Gasteiger charge is 2.36. The summed E-state index contributed by atoms with van der Waals surface area (Å²) in [5, 5.41) is 2.95. The molecule has 0 aromatic heterocycles. The van der Waals surface area contributed by atoms with Gasteiger partial charge in [-0.05, 0) is 22.5 Å². The van der Waals surface area contributed by atoms with Crippen molar-refractivity contribution in [3.05, 3.63) is 58.3 Å². The molecule has 0 heterocycles. The third-order valence-corrected chi connectivity index (χ3v) is 14.1. The van der Waals surface area contributed by atoms with Crippen LogP contribution in [0.25, 0.3) is 0 Å². The molecule has 2 aliphatic rings. The van der Waals surface area contributed by atoms with E-state index in [1.165, 1.54) is 16.1 Å². The largest absolute Gasteiger partial charge is 0.122 e. The van der Waals surface area contributed by atoms with Gasteiger partial charge in [0.15, 0.2) is 0 Å². The van der Waals surface area contributed by atoms with Crippen LogP contribution >= 0.6 is 0 Å². The lowest BCUT2D eigenvalue weighted by Crippen LogP contribution is -2.41. The summed E-state index contributed by atoms with van der Waals surface area (Å²) in [5.74, 6) is 0. The average molecular weight is 256 g/mol. The molecule has 0 N–H and O–H groups in total. The van der Waals surface area contributed by atoms with Gasteiger partial charge in [-0.3, -0.25) is 0 Å². The van der Waals surface area contributed by atoms with Gasteiger partial charge in [0.25, 0.3) is 0 Å². The molecule has 0 spiro atoms. The maximum Gasteiger partial charge on any atom is 0.0883 e. The van der Waals surface area contributed by atoms with E-state index in [-0.39, 0.29) is 0 Å². The first kappa shape index (κ1) is 12.4. The van der Waals surface area contributed by atoms with E-state index in [0.29, 0.717) is 0 Å². The standard InChI is InChI=1S/C15H20Si2/c1-16(2,14-9-5-6-10-14)13-17(3,4)15-11-7-8-12-15/h5-9,11H,13H2,1-4H3. The first-order valence-corrected chi connectivity index (χ1v) is 12.6. The van der Waals surface area contributed by atoms with Crippen LogP contribution in [0.15, 0.2) is 58.3 Å². The van der Waals surface area contributed by atoms with Crippen molar-refractivity contribution in [3.63, 3.8) is 0 Å². The normalized spacial score (nSPS) is 17.9. The average Bonchev–Trinajstić information content (AvgIpc) is 2.91. The molecule has 0 saturated carbocycles. The summed E-state index contributed by atoms with van der Waals surface area (Å²) in [7, 11) is -2.67. The van der Waals surface area contributed by atoms with Crippen molar-refractivity contribution < 1.29 is 0 Å². The Labute approximate surface area is 106 Å². The molecule has 0 radical (unpaired) electrons. The second-order valence-electron chi connectivity index (χ2n) is 6.11. The molecule has 2 heteroatoms. The molecule has 0 unspecified atom stereocenters. The van der Waals surface area contributed by atoms with Crippen LogP contribution in [0.4, 0.5) is 0 Å². The van der Waals surface area contributed by atoms with Gasteiger partial charge in [0.1, 0.15) is 0 Å². The van der Waals surface area contributed by atoms with Crippen molar-refractivity contribution in [3.8, 4) is 0 Å². The van der Waals surface area contributed by atoms with Gasteiger partial charge in [-0.15, -0.1) is 11.5 Å². The van der Waals surface area contributed by atoms with Crippen molar-refractivity contribution in [2.75, 3.05) is 0 Å². The van der Waals surface area contributed by atoms with E-state index in [9.17, 15) is 0 Å². The van der Waals surface area contributed by atoms with E-state index < -0.39 is 16.1 Å². The molecular weight excluding hydrogens is 236 g/mol. The lowest BCUT2D eigenvalue weighted by atomic mass is 10.6. The predicted octanol–water partition coefficient (Wildman–Crippen LogP) is 4.32. The van der Waals surface area contributed by atoms with Gasteiger partial charge < -0.3 is 0 Å². The summed E-state index contributed by atoms with van der Waals surface area (Å²) < 4.78 is 0. The number of rotatable bonds is 4. The maximum atomic E-state index is 3.42. The fourth-order valence-corrected chi connectivity index (χ4v) is 15.2. The Hall–Kier alpha value is -1.05. The van der Waals surface area contributed by atoms with Gasteiger partial charge in [-0.1, -0.05) is 56.2 Å². The highest BCUT2D eigenvalue weighted by Crippen LogP contribution is 2.32. The Bertz CT molecular complexity index is 467. The van der Waals surface area contributed by atoms with Gasteiger partial charge >= 0.3 is 0 Å². The Morgan fingerprint density at radius 2 is 1.24 bits per heavy atom. The zero-order valence-electron chi connectivity index (χ0n) is 11.2. The van der Waals surface area contributed by atoms with Crippen molar-refractivity contribution in [1.29, 1.82) is 0 Å². The minimum Gasteiger partial charge on any atom is -0.122 e. The monoisotopic (exact) mass is 256 g/mol. The minimum absolute atomic E-state index is 1.33. The Kier molecular flexibility index (Phi) is 3.16. The third-order valence-electron chi connectivity index (χ3n) is 3.54. The van der Waals surface area contributed by atoms with Gasteiger partial charge in [-0.25, -0.2) is 0 Å². The van der Waals surface area contributed by atoms with Crippen LogP contribution in [0.3, 0.4) is 0 Å². The molecule has 0 aliphatic heterocycles. The zero-order chi connectivity index (χ0) is 12.5. The number of hydrogen-bond acceptors (Lipinski definition) is 0. The van der Waals surface area contributed by atoms with Crippen LogP contribution in [-0.2, 0) is 0 Å². The lowest BCUT2D eigenvalue weighted by Gasteiger charge is -2.32. The van der Waals surface area contributed by atoms with Crippen LogP contribution in [0.2, 0.25) is 31.9 Å². The van der Waals surface area contributed by atoms with Gasteiger partial charge in [0.05, 0.1) is 16.1 Å². The summed E-state index contributed by atoms with van der Waals surface area (Å²) in [5.41, 5.74) is 8.21. The Morgan fingerprint density at radius 3 is 1.53 bits per heavy atom. The van der Waals surface area contributed by atoms with Crippen LogP contribution in [0.1, 0.15) is 0 Å². The van der Waals surface area contributed by atoms with Crippen LogP contribution in [0.5, 0.6) is 0 Å². The first-order valence-electron chi connectivity index (χ1n) is 6.20. The molecule has 2 rings (SSSR count). The second kappa shape index (κ2) is 4.32. The van der Waals surface area contributed by atoms with E-state index in [0.717, 1.165) is 0 Å². The molecule has 0 atom stereocenters. The van der Waals surface area contributed by atoms with E-state index in [4.69, 9.17) is 0 Å². The lowest BCUT2D eigenvalue weighted by molar-refractivity contribution is 1.52. The van der Waals surface area contributed by atoms with E-state index in [1.54, 1.807) is 0 Å². The van der Waals surface area contributed by atoms with Gasteiger partial charge in [-0.2, -0.15) is 0 Å². The SMILES string of the molecule is C[Si](C)(C[Si](C)(C)C1=C=CC=C1)C1=C=CC=C1. The van der Waals surface area contributed by atoms with E-state index in [1.807, 2.05) is 12.2 Å². The van der Waals surface area contributed by atoms with Gasteiger partial charge in [0, 0.05) is 0 Å². The summed E-state index contributed by atoms with van der Waals surface area (Å²) in [4.78, 5) is 0. The molecule has 17 heavy (non-hydrogen) atoms. The quantitative estimate of drug-likeness (QED) is 0.519. The highest BCUT2D eigenvalue weighted by atomic mass is 28.4. The number of allylic oxidation sites excluding steroid dienone is 6. The number of hydrogen-bond donors (Lipinski definition) is 0. The highest BCUT2D eigenvalue weighted by molar-refractivity contribution is 7.01. The smallest absolute Gasteiger partial charge is 0.0883 e. The molecular formula is C15H20Si2. The fraction of sp³-hybridized carbons (Fsp3) is 0.333. The Balaban J connectivity index is 2.20. The topological polar surface area (TPSA) is 0 Å². The van der Waals surface area contributed by atoms with Crippen molar-refractivity contribution in [1.82, 2.24) is 0 Å². The summed E-state index contributed by atoms with van der Waals surface area (Å²) >= 11 is 0. The van der Waals surface area contributed by atoms with Gasteiger partial charge in [0.2, 0.25) is 0 Å². The van der Waals surface area contributed by atoms with Crippen LogP contribution < -0.4 is 0 Å². The molecule has 88 valence electrons. The molecule has 0 amide bonds.